The molecule has 7 heteroatoms. The first-order valence-corrected chi connectivity index (χ1v) is 9.99. The van der Waals surface area contributed by atoms with Gasteiger partial charge in [0.2, 0.25) is 5.91 Å². The number of para-hydroxylation sites is 1. The molecule has 0 spiro atoms. The van der Waals surface area contributed by atoms with Gasteiger partial charge in [-0.25, -0.2) is 4.39 Å². The molecule has 0 bridgehead atoms. The fourth-order valence-corrected chi connectivity index (χ4v) is 3.77. The highest BCUT2D eigenvalue weighted by molar-refractivity contribution is 5.79. The monoisotopic (exact) mass is 400 g/mol. The molecule has 0 aliphatic carbocycles. The zero-order valence-corrected chi connectivity index (χ0v) is 16.2. The highest BCUT2D eigenvalue weighted by Gasteiger charge is 2.30. The summed E-state index contributed by atoms with van der Waals surface area (Å²) in [6.07, 6.45) is 1.91. The van der Waals surface area contributed by atoms with Gasteiger partial charge in [-0.2, -0.15) is 0 Å². The van der Waals surface area contributed by atoms with Gasteiger partial charge in [-0.3, -0.25) is 4.79 Å². The van der Waals surface area contributed by atoms with Crippen molar-refractivity contribution in [3.8, 4) is 17.2 Å². The van der Waals surface area contributed by atoms with Gasteiger partial charge in [-0.1, -0.05) is 18.2 Å². The van der Waals surface area contributed by atoms with Crippen LogP contribution < -0.4 is 19.5 Å². The van der Waals surface area contributed by atoms with Crippen molar-refractivity contribution in [3.05, 3.63) is 53.8 Å². The van der Waals surface area contributed by atoms with Crippen LogP contribution in [0.2, 0.25) is 0 Å². The number of amides is 1. The minimum atomic E-state index is -0.386. The Balaban J connectivity index is 1.27. The number of hydrogen-bond acceptors (Lipinski definition) is 5. The molecule has 1 amide bonds. The smallest absolute Gasteiger partial charge is 0.237 e. The molecule has 2 aromatic carbocycles. The summed E-state index contributed by atoms with van der Waals surface area (Å²) in [4.78, 5) is 14.6. The number of nitrogens with one attached hydrogen (secondary N) is 1. The number of likely N-dealkylation sites (tertiary alicyclic amines) is 1. The van der Waals surface area contributed by atoms with Crippen molar-refractivity contribution in [2.45, 2.75) is 18.9 Å². The van der Waals surface area contributed by atoms with Gasteiger partial charge in [0, 0.05) is 13.1 Å². The second-order valence-corrected chi connectivity index (χ2v) is 7.10. The third-order valence-electron chi connectivity index (χ3n) is 5.17. The highest BCUT2D eigenvalue weighted by Crippen LogP contribution is 2.38. The van der Waals surface area contributed by atoms with E-state index in [9.17, 15) is 9.18 Å². The number of halogens is 1. The lowest BCUT2D eigenvalue weighted by Crippen LogP contribution is -2.38. The Morgan fingerprint density at radius 2 is 2.00 bits per heavy atom. The Morgan fingerprint density at radius 1 is 1.17 bits per heavy atom. The molecule has 2 heterocycles. The van der Waals surface area contributed by atoms with Gasteiger partial charge in [-0.15, -0.1) is 0 Å². The van der Waals surface area contributed by atoms with Crippen LogP contribution in [-0.2, 0) is 4.79 Å². The quantitative estimate of drug-likeness (QED) is 0.725. The Bertz CT molecular complexity index is 860. The summed E-state index contributed by atoms with van der Waals surface area (Å²) in [6.45, 7) is 2.82. The SMILES string of the molecule is O=C(CNCCOc1ccccc1F)N1CCCC1c1ccc2c(c1)OCCO2. The topological polar surface area (TPSA) is 60.0 Å². The molecule has 1 fully saturated rings. The van der Waals surface area contributed by atoms with Crippen LogP contribution in [0.3, 0.4) is 0 Å². The molecule has 0 aromatic heterocycles. The number of benzene rings is 2. The fraction of sp³-hybridized carbons (Fsp3) is 0.409. The standard InChI is InChI=1S/C22H25FN2O4/c23-17-4-1-2-6-19(17)27-11-9-24-15-22(26)25-10-3-5-18(25)16-7-8-20-21(14-16)29-13-12-28-20/h1-2,4,6-8,14,18,24H,3,5,9-13,15H2. The molecule has 0 saturated carbocycles. The molecule has 2 aromatic rings. The van der Waals surface area contributed by atoms with E-state index in [1.807, 2.05) is 23.1 Å². The predicted octanol–water partition coefficient (Wildman–Crippen LogP) is 2.93. The molecule has 4 rings (SSSR count). The highest BCUT2D eigenvalue weighted by atomic mass is 19.1. The maximum atomic E-state index is 13.5. The number of carbonyl (C=O) groups is 1. The van der Waals surface area contributed by atoms with E-state index in [1.54, 1.807) is 18.2 Å². The zero-order chi connectivity index (χ0) is 20.1. The van der Waals surface area contributed by atoms with Gasteiger partial charge in [-0.05, 0) is 42.7 Å². The molecular formula is C22H25FN2O4. The van der Waals surface area contributed by atoms with Crippen LogP contribution in [0.1, 0.15) is 24.4 Å². The number of fused-ring (bicyclic) bond motifs is 1. The molecule has 1 N–H and O–H groups in total. The van der Waals surface area contributed by atoms with Gasteiger partial charge in [0.15, 0.2) is 23.1 Å². The summed E-state index contributed by atoms with van der Waals surface area (Å²) in [6, 6.07) is 12.3. The van der Waals surface area contributed by atoms with Gasteiger partial charge in [0.25, 0.3) is 0 Å². The maximum Gasteiger partial charge on any atom is 0.237 e. The van der Waals surface area contributed by atoms with Crippen molar-refractivity contribution in [3.63, 3.8) is 0 Å². The average molecular weight is 400 g/mol. The number of nitrogens with zero attached hydrogens (tertiary/aromatic N) is 1. The van der Waals surface area contributed by atoms with Crippen molar-refractivity contribution < 1.29 is 23.4 Å². The van der Waals surface area contributed by atoms with E-state index < -0.39 is 0 Å². The van der Waals surface area contributed by atoms with E-state index in [2.05, 4.69) is 5.32 Å². The summed E-state index contributed by atoms with van der Waals surface area (Å²) in [5.74, 6) is 1.39. The lowest BCUT2D eigenvalue weighted by Gasteiger charge is -2.27. The predicted molar refractivity (Wildman–Crippen MR) is 106 cm³/mol. The average Bonchev–Trinajstić information content (AvgIpc) is 3.24. The van der Waals surface area contributed by atoms with Crippen LogP contribution in [0.15, 0.2) is 42.5 Å². The largest absolute Gasteiger partial charge is 0.489 e. The normalized spacial score (nSPS) is 18.0. The summed E-state index contributed by atoms with van der Waals surface area (Å²) < 4.78 is 30.2. The van der Waals surface area contributed by atoms with Gasteiger partial charge < -0.3 is 24.4 Å². The summed E-state index contributed by atoms with van der Waals surface area (Å²) in [5, 5.41) is 3.09. The first-order chi connectivity index (χ1) is 14.2. The number of hydrogen-bond donors (Lipinski definition) is 1. The van der Waals surface area contributed by atoms with Crippen LogP contribution in [0.25, 0.3) is 0 Å². The van der Waals surface area contributed by atoms with E-state index in [0.29, 0.717) is 26.4 Å². The molecule has 1 saturated heterocycles. The summed E-state index contributed by atoms with van der Waals surface area (Å²) >= 11 is 0. The molecule has 2 aliphatic heterocycles. The lowest BCUT2D eigenvalue weighted by atomic mass is 10.0. The third kappa shape index (κ3) is 4.62. The Hall–Kier alpha value is -2.80. The minimum Gasteiger partial charge on any atom is -0.489 e. The molecule has 1 unspecified atom stereocenters. The van der Waals surface area contributed by atoms with Gasteiger partial charge >= 0.3 is 0 Å². The number of carbonyl (C=O) groups excluding carboxylic acids is 1. The van der Waals surface area contributed by atoms with Crippen molar-refractivity contribution in [2.75, 3.05) is 39.5 Å². The van der Waals surface area contributed by atoms with Crippen molar-refractivity contribution in [1.82, 2.24) is 10.2 Å². The van der Waals surface area contributed by atoms with Crippen LogP contribution in [0, 0.1) is 5.82 Å². The van der Waals surface area contributed by atoms with E-state index >= 15 is 0 Å². The zero-order valence-electron chi connectivity index (χ0n) is 16.2. The lowest BCUT2D eigenvalue weighted by molar-refractivity contribution is -0.131. The van der Waals surface area contributed by atoms with Crippen molar-refractivity contribution in [1.29, 1.82) is 0 Å². The van der Waals surface area contributed by atoms with Crippen molar-refractivity contribution >= 4 is 5.91 Å². The molecule has 2 aliphatic rings. The Kier molecular flexibility index (Phi) is 6.14. The van der Waals surface area contributed by atoms with E-state index in [0.717, 1.165) is 36.4 Å². The van der Waals surface area contributed by atoms with Crippen molar-refractivity contribution in [2.24, 2.45) is 0 Å². The number of rotatable bonds is 7. The summed E-state index contributed by atoms with van der Waals surface area (Å²) in [7, 11) is 0. The van der Waals surface area contributed by atoms with Gasteiger partial charge in [0.1, 0.15) is 19.8 Å². The minimum absolute atomic E-state index is 0.0493. The van der Waals surface area contributed by atoms with Crippen LogP contribution in [0.4, 0.5) is 4.39 Å². The molecule has 1 atom stereocenters. The third-order valence-corrected chi connectivity index (χ3v) is 5.17. The van der Waals surface area contributed by atoms with E-state index in [1.165, 1.54) is 6.07 Å². The molecule has 6 nitrogen and oxygen atoms in total. The maximum absolute atomic E-state index is 13.5. The second-order valence-electron chi connectivity index (χ2n) is 7.10. The van der Waals surface area contributed by atoms with Crippen LogP contribution in [0.5, 0.6) is 17.2 Å². The first-order valence-electron chi connectivity index (χ1n) is 9.99. The van der Waals surface area contributed by atoms with Crippen LogP contribution >= 0.6 is 0 Å². The van der Waals surface area contributed by atoms with E-state index in [4.69, 9.17) is 14.2 Å². The molecule has 154 valence electrons. The molecule has 29 heavy (non-hydrogen) atoms. The molecule has 0 radical (unpaired) electrons. The molecular weight excluding hydrogens is 375 g/mol. The Labute approximate surface area is 169 Å². The first kappa shape index (κ1) is 19.5. The summed E-state index contributed by atoms with van der Waals surface area (Å²) in [5.41, 5.74) is 1.07. The Morgan fingerprint density at radius 3 is 2.86 bits per heavy atom. The van der Waals surface area contributed by atoms with E-state index in [-0.39, 0.29) is 30.1 Å². The second kappa shape index (κ2) is 9.13. The number of ether oxygens (including phenoxy) is 3. The van der Waals surface area contributed by atoms with Gasteiger partial charge in [0.05, 0.1) is 12.6 Å². The fourth-order valence-electron chi connectivity index (χ4n) is 3.77. The van der Waals surface area contributed by atoms with Crippen LogP contribution in [-0.4, -0.2) is 50.3 Å².